The molecule has 3 atom stereocenters. The zero-order valence-corrected chi connectivity index (χ0v) is 35.8. The standard InChI is InChI=1S/C47H37Cl2N5O8S/c1-28(20-29-6-11-32(12-7-29)33-13-8-30(25-50)9-14-33)51-46(55)42-23-35-22-40-43(24-36(35)26-53(42)63(59,60)44-5-3-2-4-41(44)54(57)58)62-45(47(56)52-40)34-15-17-37(18-16-34)61-27-31-10-19-38(48)39(49)21-31/h2-19,21-22,24,28,42,45H,20,23,26-27H2,1H3,(H,51,55)(H,52,56)/t28-,42?,45-/m0/s1. The lowest BCUT2D eigenvalue weighted by atomic mass is 9.93. The number of anilines is 1. The molecule has 6 aromatic rings. The molecule has 0 radical (unpaired) electrons. The molecule has 2 N–H and O–H groups in total. The van der Waals surface area contributed by atoms with E-state index in [1.165, 1.54) is 12.1 Å². The number of nitro benzene ring substituents is 1. The molecule has 2 aliphatic heterocycles. The number of carbonyl (C=O) groups is 2. The van der Waals surface area contributed by atoms with Crippen LogP contribution < -0.4 is 20.1 Å². The summed E-state index contributed by atoms with van der Waals surface area (Å²) in [7, 11) is -4.64. The molecule has 0 bridgehead atoms. The highest BCUT2D eigenvalue weighted by molar-refractivity contribution is 7.89. The number of amides is 2. The number of nitriles is 1. The zero-order valence-electron chi connectivity index (χ0n) is 33.5. The lowest BCUT2D eigenvalue weighted by molar-refractivity contribution is -0.387. The van der Waals surface area contributed by atoms with Gasteiger partial charge in [-0.2, -0.15) is 9.57 Å². The summed E-state index contributed by atoms with van der Waals surface area (Å²) in [6.45, 7) is 1.73. The molecule has 0 fully saturated rings. The van der Waals surface area contributed by atoms with E-state index in [0.717, 1.165) is 38.7 Å². The minimum Gasteiger partial charge on any atom is -0.489 e. The van der Waals surface area contributed by atoms with Crippen LogP contribution in [0.3, 0.4) is 0 Å². The molecule has 0 aromatic heterocycles. The number of nitrogens with one attached hydrogen (secondary N) is 2. The third-order valence-corrected chi connectivity index (χ3v) is 13.5. The first-order chi connectivity index (χ1) is 30.3. The lowest BCUT2D eigenvalue weighted by Crippen LogP contribution is -2.54. The Bertz CT molecular complexity index is 2910. The van der Waals surface area contributed by atoms with Crippen LogP contribution in [0.2, 0.25) is 10.0 Å². The molecular weight excluding hydrogens is 866 g/mol. The predicted molar refractivity (Wildman–Crippen MR) is 237 cm³/mol. The molecule has 2 amide bonds. The molecule has 8 rings (SSSR count). The Labute approximate surface area is 373 Å². The van der Waals surface area contributed by atoms with Crippen molar-refractivity contribution < 1.29 is 32.4 Å². The van der Waals surface area contributed by atoms with Crippen LogP contribution in [-0.4, -0.2) is 41.5 Å². The first-order valence-corrected chi connectivity index (χ1v) is 21.9. The van der Waals surface area contributed by atoms with Crippen LogP contribution in [0.4, 0.5) is 11.4 Å². The summed E-state index contributed by atoms with van der Waals surface area (Å²) in [5, 5.41) is 27.9. The van der Waals surface area contributed by atoms with Crippen molar-refractivity contribution in [2.45, 2.75) is 56.0 Å². The molecule has 13 nitrogen and oxygen atoms in total. The Morgan fingerprint density at radius 3 is 2.30 bits per heavy atom. The van der Waals surface area contributed by atoms with Crippen molar-refractivity contribution in [3.8, 4) is 28.7 Å². The predicted octanol–water partition coefficient (Wildman–Crippen LogP) is 8.95. The van der Waals surface area contributed by atoms with Gasteiger partial charge in [0.1, 0.15) is 24.1 Å². The number of fused-ring (bicyclic) bond motifs is 2. The van der Waals surface area contributed by atoms with Gasteiger partial charge in [-0.25, -0.2) is 8.42 Å². The quantitative estimate of drug-likeness (QED) is 0.0895. The van der Waals surface area contributed by atoms with Crippen LogP contribution in [0, 0.1) is 21.4 Å². The summed E-state index contributed by atoms with van der Waals surface area (Å²) < 4.78 is 42.1. The SMILES string of the molecule is C[C@@H](Cc1ccc(-c2ccc(C#N)cc2)cc1)NC(=O)C1Cc2cc3c(cc2CN1S(=O)(=O)c1ccccc1[N+](=O)[O-])O[C@@H](c1ccc(OCc2ccc(Cl)c(Cl)c2)cc1)C(=O)N3. The average Bonchev–Trinajstić information content (AvgIpc) is 3.28. The van der Waals surface area contributed by atoms with Gasteiger partial charge in [0, 0.05) is 24.2 Å². The maximum absolute atomic E-state index is 14.5. The fourth-order valence-electron chi connectivity index (χ4n) is 7.66. The lowest BCUT2D eigenvalue weighted by Gasteiger charge is -2.36. The van der Waals surface area contributed by atoms with E-state index >= 15 is 0 Å². The molecule has 16 heteroatoms. The van der Waals surface area contributed by atoms with Crippen molar-refractivity contribution in [3.05, 3.63) is 181 Å². The van der Waals surface area contributed by atoms with Crippen molar-refractivity contribution in [1.29, 1.82) is 5.26 Å². The normalized spacial score (nSPS) is 16.3. The molecule has 318 valence electrons. The fraction of sp³-hybridized carbons (Fsp3) is 0.170. The number of sulfonamides is 1. The maximum Gasteiger partial charge on any atom is 0.289 e. The van der Waals surface area contributed by atoms with Crippen LogP contribution in [-0.2, 0) is 45.6 Å². The summed E-state index contributed by atoms with van der Waals surface area (Å²) in [5.74, 6) is -0.204. The van der Waals surface area contributed by atoms with Crippen LogP contribution >= 0.6 is 23.2 Å². The second-order valence-corrected chi connectivity index (χ2v) is 17.9. The highest BCUT2D eigenvalue weighted by Gasteiger charge is 2.43. The maximum atomic E-state index is 14.5. The van der Waals surface area contributed by atoms with Crippen molar-refractivity contribution in [2.75, 3.05) is 5.32 Å². The van der Waals surface area contributed by atoms with E-state index in [4.69, 9.17) is 37.9 Å². The fourth-order valence-corrected chi connectivity index (χ4v) is 9.71. The van der Waals surface area contributed by atoms with E-state index in [9.17, 15) is 28.1 Å². The molecular formula is C47H37Cl2N5O8S. The number of nitrogens with zero attached hydrogens (tertiary/aromatic N) is 3. The van der Waals surface area contributed by atoms with Crippen molar-refractivity contribution in [3.63, 3.8) is 0 Å². The number of hydrogen-bond acceptors (Lipinski definition) is 9. The topological polar surface area (TPSA) is 181 Å². The number of nitro groups is 1. The Morgan fingerprint density at radius 2 is 1.62 bits per heavy atom. The second-order valence-electron chi connectivity index (χ2n) is 15.2. The van der Waals surface area contributed by atoms with Gasteiger partial charge in [-0.1, -0.05) is 89.9 Å². The van der Waals surface area contributed by atoms with E-state index < -0.39 is 55.5 Å². The van der Waals surface area contributed by atoms with Crippen LogP contribution in [0.25, 0.3) is 11.1 Å². The second kappa shape index (κ2) is 17.9. The Hall–Kier alpha value is -6.76. The summed E-state index contributed by atoms with van der Waals surface area (Å²) in [6.07, 6.45) is -0.725. The Balaban J connectivity index is 1.02. The molecule has 0 aliphatic carbocycles. The average molecular weight is 903 g/mol. The van der Waals surface area contributed by atoms with E-state index in [1.807, 2.05) is 43.3 Å². The van der Waals surface area contributed by atoms with Crippen molar-refractivity contribution in [1.82, 2.24) is 9.62 Å². The first kappa shape index (κ1) is 42.9. The smallest absolute Gasteiger partial charge is 0.289 e. The molecule has 0 spiro atoms. The molecule has 2 aliphatic rings. The Morgan fingerprint density at radius 1 is 0.937 bits per heavy atom. The van der Waals surface area contributed by atoms with Gasteiger partial charge in [-0.3, -0.25) is 19.7 Å². The van der Waals surface area contributed by atoms with E-state index in [0.29, 0.717) is 50.2 Å². The number of halogens is 2. The molecule has 6 aromatic carbocycles. The van der Waals surface area contributed by atoms with Crippen LogP contribution in [0.1, 0.15) is 46.4 Å². The van der Waals surface area contributed by atoms with E-state index in [-0.39, 0.29) is 25.3 Å². The zero-order chi connectivity index (χ0) is 44.4. The van der Waals surface area contributed by atoms with Gasteiger partial charge in [-0.05, 0) is 108 Å². The third kappa shape index (κ3) is 9.23. The monoisotopic (exact) mass is 901 g/mol. The molecule has 1 unspecified atom stereocenters. The van der Waals surface area contributed by atoms with Crippen molar-refractivity contribution in [2.24, 2.45) is 0 Å². The summed E-state index contributed by atoms with van der Waals surface area (Å²) in [6, 6.07) is 35.7. The van der Waals surface area contributed by atoms with E-state index in [2.05, 4.69) is 16.7 Å². The number of rotatable bonds is 12. The van der Waals surface area contributed by atoms with Crippen LogP contribution in [0.5, 0.6) is 11.5 Å². The minimum atomic E-state index is -4.64. The Kier molecular flexibility index (Phi) is 12.2. The third-order valence-electron chi connectivity index (χ3n) is 10.9. The summed E-state index contributed by atoms with van der Waals surface area (Å²) >= 11 is 12.1. The number of carbonyl (C=O) groups excluding carboxylic acids is 2. The van der Waals surface area contributed by atoms with Gasteiger partial charge in [0.15, 0.2) is 4.90 Å². The number of para-hydroxylation sites is 1. The first-order valence-electron chi connectivity index (χ1n) is 19.7. The van der Waals surface area contributed by atoms with Gasteiger partial charge < -0.3 is 20.1 Å². The van der Waals surface area contributed by atoms with Gasteiger partial charge in [-0.15, -0.1) is 0 Å². The summed E-state index contributed by atoms with van der Waals surface area (Å²) in [4.78, 5) is 38.4. The van der Waals surface area contributed by atoms with Gasteiger partial charge in [0.05, 0.1) is 32.3 Å². The number of hydrogen-bond donors (Lipinski definition) is 2. The van der Waals surface area contributed by atoms with Gasteiger partial charge in [0.2, 0.25) is 12.0 Å². The molecule has 2 heterocycles. The van der Waals surface area contributed by atoms with Gasteiger partial charge >= 0.3 is 0 Å². The summed E-state index contributed by atoms with van der Waals surface area (Å²) in [5.41, 5.74) is 5.56. The highest BCUT2D eigenvalue weighted by atomic mass is 35.5. The molecule has 0 saturated heterocycles. The van der Waals surface area contributed by atoms with Crippen LogP contribution in [0.15, 0.2) is 132 Å². The number of ether oxygens (including phenoxy) is 2. The molecule has 63 heavy (non-hydrogen) atoms. The number of benzene rings is 6. The van der Waals surface area contributed by atoms with E-state index in [1.54, 1.807) is 66.7 Å². The highest BCUT2D eigenvalue weighted by Crippen LogP contribution is 2.41. The largest absolute Gasteiger partial charge is 0.489 e. The van der Waals surface area contributed by atoms with Crippen molar-refractivity contribution >= 4 is 56.4 Å². The minimum absolute atomic E-state index is 0.0939. The molecule has 0 saturated carbocycles. The van der Waals surface area contributed by atoms with Gasteiger partial charge in [0.25, 0.3) is 21.6 Å².